The molecule has 1 fully saturated rings. The lowest BCUT2D eigenvalue weighted by Crippen LogP contribution is -2.42. The van der Waals surface area contributed by atoms with E-state index in [0.29, 0.717) is 5.92 Å². The van der Waals surface area contributed by atoms with Crippen LogP contribution < -0.4 is 0 Å². The Hall–Kier alpha value is -2.42. The zero-order valence-electron chi connectivity index (χ0n) is 20.9. The molecule has 1 aliphatic carbocycles. The van der Waals surface area contributed by atoms with Gasteiger partial charge >= 0.3 is 0 Å². The van der Waals surface area contributed by atoms with E-state index >= 15 is 0 Å². The van der Waals surface area contributed by atoms with E-state index < -0.39 is 0 Å². The summed E-state index contributed by atoms with van der Waals surface area (Å²) in [4.78, 5) is 0. The second-order valence-corrected chi connectivity index (χ2v) is 10.1. The predicted molar refractivity (Wildman–Crippen MR) is 141 cm³/mol. The van der Waals surface area contributed by atoms with Crippen LogP contribution in [0, 0.1) is 11.3 Å². The zero-order valence-corrected chi connectivity index (χ0v) is 20.9. The minimum absolute atomic E-state index is 0.0213. The van der Waals surface area contributed by atoms with Crippen molar-refractivity contribution in [2.24, 2.45) is 11.3 Å². The van der Waals surface area contributed by atoms with Crippen LogP contribution in [0.3, 0.4) is 0 Å². The standard InChI is InChI=1S/C32H40O2/c1-33-25-31(26-34-2,27-15-7-3-8-16-27)23-24-32(28-17-9-4-10-18-28,29-19-11-5-12-20-29)30-21-13-6-14-22-30/h4-6,9-14,17-22,27H,3,7-8,15-16,23-26H2,1-2H3. The predicted octanol–water partition coefficient (Wildman–Crippen LogP) is 7.66. The first-order valence-electron chi connectivity index (χ1n) is 12.9. The summed E-state index contributed by atoms with van der Waals surface area (Å²) in [5, 5.41) is 0. The molecule has 0 radical (unpaired) electrons. The van der Waals surface area contributed by atoms with Gasteiger partial charge in [0.1, 0.15) is 0 Å². The highest BCUT2D eigenvalue weighted by Crippen LogP contribution is 2.49. The van der Waals surface area contributed by atoms with Gasteiger partial charge in [0.2, 0.25) is 0 Å². The topological polar surface area (TPSA) is 18.5 Å². The Bertz CT molecular complexity index is 859. The summed E-state index contributed by atoms with van der Waals surface area (Å²) in [5.74, 6) is 0.640. The van der Waals surface area contributed by atoms with Crippen LogP contribution in [0.4, 0.5) is 0 Å². The van der Waals surface area contributed by atoms with Gasteiger partial charge in [-0.1, -0.05) is 110 Å². The normalized spacial score (nSPS) is 15.4. The highest BCUT2D eigenvalue weighted by Gasteiger charge is 2.44. The molecule has 0 aromatic heterocycles. The minimum atomic E-state index is -0.231. The maximum absolute atomic E-state index is 5.92. The Morgan fingerprint density at radius 3 is 1.38 bits per heavy atom. The molecule has 0 N–H and O–H groups in total. The largest absolute Gasteiger partial charge is 0.384 e. The summed E-state index contributed by atoms with van der Waals surface area (Å²) in [7, 11) is 3.71. The van der Waals surface area contributed by atoms with E-state index in [2.05, 4.69) is 91.0 Å². The molecule has 1 saturated carbocycles. The number of benzene rings is 3. The van der Waals surface area contributed by atoms with Gasteiger partial charge in [-0.2, -0.15) is 0 Å². The number of rotatable bonds is 11. The summed E-state index contributed by atoms with van der Waals surface area (Å²) in [6.07, 6.45) is 8.62. The number of hydrogen-bond donors (Lipinski definition) is 0. The lowest BCUT2D eigenvalue weighted by Gasteiger charge is -2.45. The molecule has 2 nitrogen and oxygen atoms in total. The first-order valence-corrected chi connectivity index (χ1v) is 12.9. The first-order chi connectivity index (χ1) is 16.7. The van der Waals surface area contributed by atoms with E-state index in [9.17, 15) is 0 Å². The molecule has 4 rings (SSSR count). The summed E-state index contributed by atoms with van der Waals surface area (Å²) < 4.78 is 11.8. The molecule has 0 bridgehead atoms. The maximum atomic E-state index is 5.92. The Balaban J connectivity index is 1.83. The highest BCUT2D eigenvalue weighted by molar-refractivity contribution is 5.50. The van der Waals surface area contributed by atoms with Gasteiger partial charge in [-0.15, -0.1) is 0 Å². The van der Waals surface area contributed by atoms with Gasteiger partial charge in [0, 0.05) is 25.0 Å². The second-order valence-electron chi connectivity index (χ2n) is 10.1. The van der Waals surface area contributed by atoms with Gasteiger partial charge in [0.05, 0.1) is 13.2 Å². The van der Waals surface area contributed by atoms with Gasteiger partial charge in [0.15, 0.2) is 0 Å². The van der Waals surface area contributed by atoms with E-state index in [4.69, 9.17) is 9.47 Å². The number of ether oxygens (including phenoxy) is 2. The van der Waals surface area contributed by atoms with Crippen molar-refractivity contribution < 1.29 is 9.47 Å². The lowest BCUT2D eigenvalue weighted by atomic mass is 9.61. The van der Waals surface area contributed by atoms with Gasteiger partial charge < -0.3 is 9.47 Å². The van der Waals surface area contributed by atoms with Crippen LogP contribution in [-0.4, -0.2) is 27.4 Å². The summed E-state index contributed by atoms with van der Waals surface area (Å²) in [5.41, 5.74) is 3.83. The average Bonchev–Trinajstić information content (AvgIpc) is 2.91. The smallest absolute Gasteiger partial charge is 0.0543 e. The van der Waals surface area contributed by atoms with Gasteiger partial charge in [-0.3, -0.25) is 0 Å². The van der Waals surface area contributed by atoms with E-state index in [1.54, 1.807) is 0 Å². The summed E-state index contributed by atoms with van der Waals surface area (Å²) in [6, 6.07) is 33.2. The van der Waals surface area contributed by atoms with Crippen molar-refractivity contribution in [3.8, 4) is 0 Å². The van der Waals surface area contributed by atoms with Crippen LogP contribution in [-0.2, 0) is 14.9 Å². The molecule has 0 aliphatic heterocycles. The zero-order chi connectivity index (χ0) is 23.7. The van der Waals surface area contributed by atoms with E-state index in [1.165, 1.54) is 48.8 Å². The Kier molecular flexibility index (Phi) is 8.59. The minimum Gasteiger partial charge on any atom is -0.384 e. The summed E-state index contributed by atoms with van der Waals surface area (Å²) >= 11 is 0. The molecule has 0 atom stereocenters. The van der Waals surface area contributed by atoms with Crippen molar-refractivity contribution in [2.45, 2.75) is 50.4 Å². The molecule has 3 aromatic carbocycles. The molecule has 0 spiro atoms. The lowest BCUT2D eigenvalue weighted by molar-refractivity contribution is -0.0492. The van der Waals surface area contributed by atoms with Crippen LogP contribution in [0.15, 0.2) is 91.0 Å². The van der Waals surface area contributed by atoms with Crippen molar-refractivity contribution in [2.75, 3.05) is 27.4 Å². The molecule has 3 aromatic rings. The molecule has 0 heterocycles. The van der Waals surface area contributed by atoms with Crippen molar-refractivity contribution in [3.63, 3.8) is 0 Å². The quantitative estimate of drug-likeness (QED) is 0.276. The SMILES string of the molecule is COCC(CCC(c1ccccc1)(c1ccccc1)c1ccccc1)(COC)C1CCCCC1. The molecule has 34 heavy (non-hydrogen) atoms. The van der Waals surface area contributed by atoms with Gasteiger partial charge in [-0.05, 0) is 48.3 Å². The van der Waals surface area contributed by atoms with Crippen molar-refractivity contribution in [1.82, 2.24) is 0 Å². The van der Waals surface area contributed by atoms with E-state index in [1.807, 2.05) is 14.2 Å². The average molecular weight is 457 g/mol. The van der Waals surface area contributed by atoms with Crippen LogP contribution in [0.25, 0.3) is 0 Å². The van der Waals surface area contributed by atoms with Crippen LogP contribution in [0.1, 0.15) is 61.6 Å². The van der Waals surface area contributed by atoms with Gasteiger partial charge in [0.25, 0.3) is 0 Å². The third kappa shape index (κ3) is 5.14. The number of methoxy groups -OCH3 is 2. The second kappa shape index (κ2) is 11.8. The van der Waals surface area contributed by atoms with Crippen molar-refractivity contribution in [3.05, 3.63) is 108 Å². The molecule has 0 unspecified atom stereocenters. The Morgan fingerprint density at radius 1 is 0.588 bits per heavy atom. The molecule has 0 amide bonds. The van der Waals surface area contributed by atoms with E-state index in [0.717, 1.165) is 26.1 Å². The first kappa shape index (κ1) is 24.7. The van der Waals surface area contributed by atoms with Crippen LogP contribution in [0.2, 0.25) is 0 Å². The number of hydrogen-bond acceptors (Lipinski definition) is 2. The van der Waals surface area contributed by atoms with Crippen molar-refractivity contribution >= 4 is 0 Å². The van der Waals surface area contributed by atoms with Crippen molar-refractivity contribution in [1.29, 1.82) is 0 Å². The molecule has 0 saturated heterocycles. The Morgan fingerprint density at radius 2 is 1.00 bits per heavy atom. The Labute approximate surface area is 206 Å². The fourth-order valence-electron chi connectivity index (χ4n) is 6.45. The third-order valence-corrected chi connectivity index (χ3v) is 8.13. The molecular weight excluding hydrogens is 416 g/mol. The van der Waals surface area contributed by atoms with Crippen LogP contribution in [0.5, 0.6) is 0 Å². The fourth-order valence-corrected chi connectivity index (χ4v) is 6.45. The summed E-state index contributed by atoms with van der Waals surface area (Å²) in [6.45, 7) is 1.50. The fraction of sp³-hybridized carbons (Fsp3) is 0.438. The van der Waals surface area contributed by atoms with E-state index in [-0.39, 0.29) is 10.8 Å². The molecule has 1 aliphatic rings. The highest BCUT2D eigenvalue weighted by atomic mass is 16.5. The van der Waals surface area contributed by atoms with Crippen LogP contribution >= 0.6 is 0 Å². The molecule has 2 heteroatoms. The molecular formula is C32H40O2. The molecule has 180 valence electrons. The maximum Gasteiger partial charge on any atom is 0.0543 e. The van der Waals surface area contributed by atoms with Gasteiger partial charge in [-0.25, -0.2) is 0 Å². The third-order valence-electron chi connectivity index (χ3n) is 8.13. The monoisotopic (exact) mass is 456 g/mol.